The van der Waals surface area contributed by atoms with Crippen molar-refractivity contribution in [2.45, 2.75) is 19.8 Å². The molecule has 0 aliphatic heterocycles. The second-order valence-corrected chi connectivity index (χ2v) is 1.56. The summed E-state index contributed by atoms with van der Waals surface area (Å²) in [5.74, 6) is 0. The first-order chi connectivity index (χ1) is 2.91. The summed E-state index contributed by atoms with van der Waals surface area (Å²) < 4.78 is 2.69. The summed E-state index contributed by atoms with van der Waals surface area (Å²) in [6.45, 7) is 3.15. The van der Waals surface area contributed by atoms with Gasteiger partial charge in [-0.3, -0.25) is 0 Å². The van der Waals surface area contributed by atoms with Crippen LogP contribution < -0.4 is 4.40 Å². The van der Waals surface area contributed by atoms with Gasteiger partial charge in [-0.2, -0.15) is 0 Å². The fraction of sp³-hybridized carbons (Fsp3) is 1.00. The molecule has 0 saturated heterocycles. The zero-order chi connectivity index (χ0) is 4.83. The predicted octanol–water partition coefficient (Wildman–Crippen LogP) is 0.838. The van der Waals surface area contributed by atoms with Crippen LogP contribution >= 0.6 is 0 Å². The van der Waals surface area contributed by atoms with Crippen LogP contribution in [0, 0.1) is 0 Å². The van der Waals surface area contributed by atoms with Gasteiger partial charge in [-0.25, -0.2) is 0 Å². The van der Waals surface area contributed by atoms with Gasteiger partial charge in [-0.15, -0.1) is 0 Å². The van der Waals surface area contributed by atoms with E-state index in [0.29, 0.717) is 0 Å². The van der Waals surface area contributed by atoms with Gasteiger partial charge < -0.3 is 0 Å². The molecule has 1 nitrogen and oxygen atoms in total. The average molecular weight is 131 g/mol. The zero-order valence-electron chi connectivity index (χ0n) is 3.94. The first-order valence-electron chi connectivity index (χ1n) is 2.22. The molecule has 0 aromatic heterocycles. The molecule has 0 bridgehead atoms. The molecule has 0 aromatic carbocycles. The molecule has 0 radical (unpaired) electrons. The van der Waals surface area contributed by atoms with Gasteiger partial charge in [0.2, 0.25) is 0 Å². The summed E-state index contributed by atoms with van der Waals surface area (Å²) in [6, 6.07) is 0. The number of rotatable bonds is 3. The van der Waals surface area contributed by atoms with Gasteiger partial charge >= 0.3 is 46.4 Å². The predicted molar refractivity (Wildman–Crippen MR) is 22.9 cm³/mol. The van der Waals surface area contributed by atoms with Gasteiger partial charge in [-0.1, -0.05) is 0 Å². The summed E-state index contributed by atoms with van der Waals surface area (Å²) in [7, 11) is 0. The maximum absolute atomic E-state index is 4.22. The Kier molecular flexibility index (Phi) is 5.87. The van der Waals surface area contributed by atoms with Crippen LogP contribution in [0.4, 0.5) is 0 Å². The first-order valence-corrected chi connectivity index (χ1v) is 2.71. The summed E-state index contributed by atoms with van der Waals surface area (Å²) in [4.78, 5) is 0. The minimum atomic E-state index is 0.997. The Morgan fingerprint density at radius 3 is 2.50 bits per heavy atom. The van der Waals surface area contributed by atoms with Gasteiger partial charge in [0, 0.05) is 0 Å². The Bertz CT molecular complexity index is 19.5. The quantitative estimate of drug-likeness (QED) is 0.441. The molecule has 0 saturated carbocycles. The zero-order valence-corrected chi connectivity index (χ0v) is 4.93. The molecule has 0 amide bonds. The van der Waals surface area contributed by atoms with Crippen molar-refractivity contribution in [1.29, 1.82) is 0 Å². The monoisotopic (exact) mass is 130 g/mol. The van der Waals surface area contributed by atoms with Crippen LogP contribution in [-0.4, -0.2) is 6.54 Å². The van der Waals surface area contributed by atoms with E-state index in [4.69, 9.17) is 0 Å². The second kappa shape index (κ2) is 5.45. The normalized spacial score (nSPS) is 9.17. The van der Waals surface area contributed by atoms with Gasteiger partial charge in [0.15, 0.2) is 0 Å². The van der Waals surface area contributed by atoms with E-state index in [2.05, 4.69) is 27.0 Å². The van der Waals surface area contributed by atoms with Gasteiger partial charge in [0.05, 0.1) is 0 Å². The second-order valence-electron chi connectivity index (χ2n) is 1.22. The van der Waals surface area contributed by atoms with Crippen LogP contribution in [0.1, 0.15) is 19.8 Å². The number of unbranched alkanes of at least 4 members (excludes halogenated alkanes) is 1. The molecule has 41 valence electrons. The van der Waals surface area contributed by atoms with Crippen molar-refractivity contribution >= 4 is 0 Å². The molecule has 1 N–H and O–H groups in total. The number of nitrogens with one attached hydrogen (secondary N) is 1. The van der Waals surface area contributed by atoms with E-state index in [0.717, 1.165) is 6.54 Å². The van der Waals surface area contributed by atoms with Crippen LogP contribution in [0.25, 0.3) is 0 Å². The molecular formula is C4H10NNi. The van der Waals surface area contributed by atoms with Gasteiger partial charge in [0.1, 0.15) is 0 Å². The van der Waals surface area contributed by atoms with E-state index < -0.39 is 0 Å². The molecule has 0 aliphatic rings. The average Bonchev–Trinajstić information content (AvgIpc) is 1.61. The Labute approximate surface area is 47.1 Å². The van der Waals surface area contributed by atoms with E-state index in [1.807, 2.05) is 0 Å². The van der Waals surface area contributed by atoms with Crippen molar-refractivity contribution in [1.82, 2.24) is 4.40 Å². The third kappa shape index (κ3) is 4.45. The molecule has 0 rings (SSSR count). The van der Waals surface area contributed by atoms with Crippen molar-refractivity contribution in [2.24, 2.45) is 0 Å². The molecule has 0 spiro atoms. The summed E-state index contributed by atoms with van der Waals surface area (Å²) in [5, 5.41) is 0. The molecule has 0 fully saturated rings. The molecule has 2 heteroatoms. The maximum atomic E-state index is 4.22. The summed E-state index contributed by atoms with van der Waals surface area (Å²) in [5.41, 5.74) is 0. The fourth-order valence-corrected chi connectivity index (χ4v) is 0.407. The summed E-state index contributed by atoms with van der Waals surface area (Å²) >= 11 is 4.22. The Hall–Kier alpha value is 0.454. The van der Waals surface area contributed by atoms with E-state index in [9.17, 15) is 0 Å². The van der Waals surface area contributed by atoms with E-state index in [-0.39, 0.29) is 0 Å². The van der Waals surface area contributed by atoms with Crippen LogP contribution in [0.2, 0.25) is 0 Å². The third-order valence-corrected chi connectivity index (χ3v) is 0.856. The van der Waals surface area contributed by atoms with Crippen LogP contribution in [-0.2, 0) is 15.7 Å². The fourth-order valence-electron chi connectivity index (χ4n) is 0.233. The van der Waals surface area contributed by atoms with Crippen molar-refractivity contribution in [3.8, 4) is 0 Å². The molecule has 0 aliphatic carbocycles. The number of hydrogen-bond acceptors (Lipinski definition) is 1. The molecule has 0 heterocycles. The Balaban J connectivity index is 2.34. The van der Waals surface area contributed by atoms with Crippen LogP contribution in [0.5, 0.6) is 0 Å². The van der Waals surface area contributed by atoms with Gasteiger partial charge in [0.25, 0.3) is 0 Å². The van der Waals surface area contributed by atoms with Crippen molar-refractivity contribution < 1.29 is 15.7 Å². The molecule has 0 unspecified atom stereocenters. The van der Waals surface area contributed by atoms with Crippen molar-refractivity contribution in [3.05, 3.63) is 0 Å². The Morgan fingerprint density at radius 2 is 2.33 bits per heavy atom. The standard InChI is InChI=1S/C4H10N.Ni/c1-2-3-4-5;/h5H,2-4H2,1H3;/q-1;+1. The molecule has 0 atom stereocenters. The minimum absolute atomic E-state index is 0.997. The van der Waals surface area contributed by atoms with Crippen molar-refractivity contribution in [2.75, 3.05) is 6.54 Å². The molecular weight excluding hydrogens is 121 g/mol. The molecule has 6 heavy (non-hydrogen) atoms. The van der Waals surface area contributed by atoms with E-state index in [1.165, 1.54) is 12.8 Å². The van der Waals surface area contributed by atoms with E-state index >= 15 is 0 Å². The van der Waals surface area contributed by atoms with Crippen LogP contribution in [0.3, 0.4) is 0 Å². The topological polar surface area (TPSA) is 12.0 Å². The third-order valence-electron chi connectivity index (χ3n) is 0.609. The van der Waals surface area contributed by atoms with Crippen molar-refractivity contribution in [3.63, 3.8) is 0 Å². The summed E-state index contributed by atoms with van der Waals surface area (Å²) in [6.07, 6.45) is 2.44. The first kappa shape index (κ1) is 6.45. The SMILES string of the molecule is CCCC[NH][Ni]. The van der Waals surface area contributed by atoms with Gasteiger partial charge in [-0.05, 0) is 0 Å². The number of hydrogen-bond donors (Lipinski definition) is 1. The van der Waals surface area contributed by atoms with Crippen LogP contribution in [0.15, 0.2) is 0 Å². The Morgan fingerprint density at radius 1 is 1.67 bits per heavy atom. The molecule has 0 aromatic rings. The van der Waals surface area contributed by atoms with E-state index in [1.54, 1.807) is 0 Å².